The largest absolute Gasteiger partial charge is 0.327 e. The molecule has 0 atom stereocenters. The third kappa shape index (κ3) is 0.954. The Balaban J connectivity index is 2.56. The molecule has 2 N–H and O–H groups in total. The number of hydrogen-bond acceptors (Lipinski definition) is 2. The summed E-state index contributed by atoms with van der Waals surface area (Å²) < 4.78 is 0. The quantitative estimate of drug-likeness (QED) is 0.519. The van der Waals surface area contributed by atoms with Crippen LogP contribution in [0.15, 0.2) is 16.6 Å². The van der Waals surface area contributed by atoms with Crippen molar-refractivity contribution in [1.82, 2.24) is 0 Å². The number of hydrogen-bond donors (Lipinski definition) is 1. The van der Waals surface area contributed by atoms with Crippen molar-refractivity contribution in [2.75, 3.05) is 13.1 Å². The molecule has 1 rings (SSSR count). The molecule has 2 nitrogen and oxygen atoms in total. The fourth-order valence-electron chi connectivity index (χ4n) is 0.736. The summed E-state index contributed by atoms with van der Waals surface area (Å²) in [6.07, 6.45) is 2.04. The molecule has 0 aliphatic carbocycles. The first-order valence-corrected chi connectivity index (χ1v) is 2.73. The van der Waals surface area contributed by atoms with Crippen LogP contribution in [0.5, 0.6) is 0 Å². The molecule has 0 aromatic heterocycles. The average molecular weight is 110 g/mol. The summed E-state index contributed by atoms with van der Waals surface area (Å²) in [5.74, 6) is 0. The van der Waals surface area contributed by atoms with Gasteiger partial charge in [0.2, 0.25) is 0 Å². The van der Waals surface area contributed by atoms with Crippen molar-refractivity contribution >= 4 is 5.71 Å². The summed E-state index contributed by atoms with van der Waals surface area (Å²) in [7, 11) is 0. The minimum Gasteiger partial charge on any atom is -0.327 e. The highest BCUT2D eigenvalue weighted by atomic mass is 14.8. The van der Waals surface area contributed by atoms with Gasteiger partial charge in [-0.15, -0.1) is 0 Å². The van der Waals surface area contributed by atoms with Crippen molar-refractivity contribution in [3.8, 4) is 0 Å². The first-order valence-electron chi connectivity index (χ1n) is 2.73. The molecule has 0 unspecified atom stereocenters. The summed E-state index contributed by atoms with van der Waals surface area (Å²) in [6.45, 7) is 3.46. The smallest absolute Gasteiger partial charge is 0.0618 e. The summed E-state index contributed by atoms with van der Waals surface area (Å²) in [6, 6.07) is 0. The van der Waals surface area contributed by atoms with E-state index >= 15 is 0 Å². The second-order valence-corrected chi connectivity index (χ2v) is 1.96. The molecule has 0 fully saturated rings. The van der Waals surface area contributed by atoms with Crippen LogP contribution in [0.3, 0.4) is 0 Å². The van der Waals surface area contributed by atoms with Gasteiger partial charge in [-0.2, -0.15) is 0 Å². The number of rotatable bonds is 1. The highest BCUT2D eigenvalue weighted by molar-refractivity contribution is 5.95. The maximum atomic E-state index is 5.35. The van der Waals surface area contributed by atoms with Crippen LogP contribution in [0, 0.1) is 0 Å². The monoisotopic (exact) mass is 110 g/mol. The molecule has 0 bridgehead atoms. The van der Waals surface area contributed by atoms with Crippen LogP contribution >= 0.6 is 0 Å². The van der Waals surface area contributed by atoms with E-state index < -0.39 is 0 Å². The van der Waals surface area contributed by atoms with Crippen LogP contribution in [0.2, 0.25) is 0 Å². The minimum atomic E-state index is 0.654. The second-order valence-electron chi connectivity index (χ2n) is 1.96. The highest BCUT2D eigenvalue weighted by Gasteiger charge is 1.99. The molecular formula is C6H10N2. The minimum absolute atomic E-state index is 0.654. The lowest BCUT2D eigenvalue weighted by molar-refractivity contribution is 1.06. The van der Waals surface area contributed by atoms with Gasteiger partial charge in [0.15, 0.2) is 0 Å². The Bertz CT molecular complexity index is 145. The highest BCUT2D eigenvalue weighted by Crippen LogP contribution is 2.01. The van der Waals surface area contributed by atoms with Crippen LogP contribution in [0.1, 0.15) is 6.92 Å². The Morgan fingerprint density at radius 1 is 1.88 bits per heavy atom. The number of nitrogens with two attached hydrogens (primary N) is 1. The molecule has 0 aromatic rings. The van der Waals surface area contributed by atoms with E-state index in [0.29, 0.717) is 6.54 Å². The van der Waals surface area contributed by atoms with Crippen LogP contribution in [0.4, 0.5) is 0 Å². The number of allylic oxidation sites excluding steroid dienone is 1. The van der Waals surface area contributed by atoms with Gasteiger partial charge in [-0.25, -0.2) is 0 Å². The molecule has 1 aliphatic heterocycles. The first-order chi connectivity index (χ1) is 3.83. The standard InChI is InChI=1S/C6H10N2/c1-5-2-6(3-7)4-8-5/h2H,3-4,7H2,1H3. The molecule has 0 saturated heterocycles. The Kier molecular flexibility index (Phi) is 1.44. The fourth-order valence-corrected chi connectivity index (χ4v) is 0.736. The van der Waals surface area contributed by atoms with Gasteiger partial charge in [-0.1, -0.05) is 0 Å². The van der Waals surface area contributed by atoms with Crippen molar-refractivity contribution in [3.63, 3.8) is 0 Å². The van der Waals surface area contributed by atoms with Crippen LogP contribution < -0.4 is 5.73 Å². The van der Waals surface area contributed by atoms with Crippen molar-refractivity contribution in [3.05, 3.63) is 11.6 Å². The van der Waals surface area contributed by atoms with E-state index in [1.165, 1.54) is 5.57 Å². The molecular weight excluding hydrogens is 100 g/mol. The molecule has 0 radical (unpaired) electrons. The first kappa shape index (κ1) is 5.51. The van der Waals surface area contributed by atoms with Gasteiger partial charge < -0.3 is 5.73 Å². The zero-order chi connectivity index (χ0) is 5.98. The van der Waals surface area contributed by atoms with E-state index in [9.17, 15) is 0 Å². The van der Waals surface area contributed by atoms with E-state index in [2.05, 4.69) is 4.99 Å². The van der Waals surface area contributed by atoms with E-state index in [4.69, 9.17) is 5.73 Å². The summed E-state index contributed by atoms with van der Waals surface area (Å²) in [5.41, 5.74) is 7.70. The van der Waals surface area contributed by atoms with Gasteiger partial charge in [0.1, 0.15) is 0 Å². The Morgan fingerprint density at radius 3 is 2.88 bits per heavy atom. The lowest BCUT2D eigenvalue weighted by Crippen LogP contribution is -2.03. The Labute approximate surface area is 49.1 Å². The summed E-state index contributed by atoms with van der Waals surface area (Å²) >= 11 is 0. The maximum Gasteiger partial charge on any atom is 0.0618 e. The van der Waals surface area contributed by atoms with E-state index in [0.717, 1.165) is 12.3 Å². The third-order valence-electron chi connectivity index (χ3n) is 1.21. The molecule has 0 amide bonds. The van der Waals surface area contributed by atoms with E-state index in [-0.39, 0.29) is 0 Å². The van der Waals surface area contributed by atoms with Gasteiger partial charge in [-0.05, 0) is 18.6 Å². The molecule has 0 aromatic carbocycles. The predicted molar refractivity (Wildman–Crippen MR) is 35.1 cm³/mol. The fraction of sp³-hybridized carbons (Fsp3) is 0.500. The van der Waals surface area contributed by atoms with Crippen LogP contribution in [0.25, 0.3) is 0 Å². The zero-order valence-electron chi connectivity index (χ0n) is 5.02. The van der Waals surface area contributed by atoms with Gasteiger partial charge in [0.05, 0.1) is 6.54 Å². The SMILES string of the molecule is CC1=NCC(CN)=C1. The number of nitrogens with zero attached hydrogens (tertiary/aromatic N) is 1. The molecule has 0 saturated carbocycles. The molecule has 8 heavy (non-hydrogen) atoms. The van der Waals surface area contributed by atoms with Crippen LogP contribution in [-0.2, 0) is 0 Å². The molecule has 0 spiro atoms. The Hall–Kier alpha value is -0.630. The lowest BCUT2D eigenvalue weighted by atomic mass is 10.2. The predicted octanol–water partition coefficient (Wildman–Crippen LogP) is 0.346. The maximum absolute atomic E-state index is 5.35. The lowest BCUT2D eigenvalue weighted by Gasteiger charge is -1.88. The van der Waals surface area contributed by atoms with Crippen LogP contribution in [-0.4, -0.2) is 18.8 Å². The summed E-state index contributed by atoms with van der Waals surface area (Å²) in [4.78, 5) is 4.13. The van der Waals surface area contributed by atoms with Gasteiger partial charge in [0.25, 0.3) is 0 Å². The molecule has 1 heterocycles. The van der Waals surface area contributed by atoms with Crippen molar-refractivity contribution < 1.29 is 0 Å². The topological polar surface area (TPSA) is 38.4 Å². The average Bonchev–Trinajstić information content (AvgIpc) is 2.14. The van der Waals surface area contributed by atoms with Crippen molar-refractivity contribution in [1.29, 1.82) is 0 Å². The molecule has 2 heteroatoms. The van der Waals surface area contributed by atoms with Gasteiger partial charge in [0, 0.05) is 12.3 Å². The molecule has 1 aliphatic rings. The normalized spacial score (nSPS) is 18.2. The molecule has 44 valence electrons. The second kappa shape index (κ2) is 2.09. The van der Waals surface area contributed by atoms with E-state index in [1.807, 2.05) is 13.0 Å². The zero-order valence-corrected chi connectivity index (χ0v) is 5.02. The van der Waals surface area contributed by atoms with Gasteiger partial charge in [-0.3, -0.25) is 4.99 Å². The van der Waals surface area contributed by atoms with Crippen molar-refractivity contribution in [2.24, 2.45) is 10.7 Å². The van der Waals surface area contributed by atoms with E-state index in [1.54, 1.807) is 0 Å². The Morgan fingerprint density at radius 2 is 2.62 bits per heavy atom. The number of aliphatic imine (C=N–C) groups is 1. The summed E-state index contributed by atoms with van der Waals surface area (Å²) in [5, 5.41) is 0. The third-order valence-corrected chi connectivity index (χ3v) is 1.21. The van der Waals surface area contributed by atoms with Crippen molar-refractivity contribution in [2.45, 2.75) is 6.92 Å². The van der Waals surface area contributed by atoms with Gasteiger partial charge >= 0.3 is 0 Å².